The van der Waals surface area contributed by atoms with Crippen molar-refractivity contribution in [3.63, 3.8) is 0 Å². The smallest absolute Gasteiger partial charge is 0.0464 e. The number of benzene rings is 7. The van der Waals surface area contributed by atoms with Crippen molar-refractivity contribution in [2.75, 3.05) is 5.32 Å². The molecule has 0 aliphatic heterocycles. The van der Waals surface area contributed by atoms with Crippen LogP contribution in [0.4, 0.5) is 11.4 Å². The zero-order valence-electron chi connectivity index (χ0n) is 22.7. The van der Waals surface area contributed by atoms with Crippen molar-refractivity contribution >= 4 is 44.1 Å². The van der Waals surface area contributed by atoms with Gasteiger partial charge in [-0.2, -0.15) is 0 Å². The highest BCUT2D eigenvalue weighted by Crippen LogP contribution is 2.38. The summed E-state index contributed by atoms with van der Waals surface area (Å²) in [5, 5.41) is 8.70. The molecule has 0 aliphatic rings. The average Bonchev–Trinajstić information content (AvgIpc) is 3.05. The van der Waals surface area contributed by atoms with Gasteiger partial charge in [-0.25, -0.2) is 0 Å². The van der Waals surface area contributed by atoms with E-state index >= 15 is 0 Å². The SMILES string of the molecule is c1ccc(C(=C(c2ccccc2)c2ccc(Nc3cccc4c3ccc3ccccc34)cc2)c2ccccc2)cc1. The minimum absolute atomic E-state index is 1.06. The average molecular weight is 524 g/mol. The second-order valence-corrected chi connectivity index (χ2v) is 10.2. The monoisotopic (exact) mass is 523 g/mol. The fourth-order valence-corrected chi connectivity index (χ4v) is 5.75. The molecule has 0 fully saturated rings. The largest absolute Gasteiger partial charge is 0.355 e. The third kappa shape index (κ3) is 4.90. The van der Waals surface area contributed by atoms with E-state index in [9.17, 15) is 0 Å². The number of nitrogens with one attached hydrogen (secondary N) is 1. The van der Waals surface area contributed by atoms with Crippen molar-refractivity contribution < 1.29 is 0 Å². The molecule has 0 bridgehead atoms. The first-order chi connectivity index (χ1) is 20.3. The van der Waals surface area contributed by atoms with E-state index in [0.29, 0.717) is 0 Å². The Morgan fingerprint density at radius 2 is 0.805 bits per heavy atom. The lowest BCUT2D eigenvalue weighted by Gasteiger charge is -2.18. The molecule has 194 valence electrons. The molecule has 0 amide bonds. The van der Waals surface area contributed by atoms with Gasteiger partial charge < -0.3 is 5.32 Å². The molecule has 0 aliphatic carbocycles. The molecule has 0 atom stereocenters. The van der Waals surface area contributed by atoms with E-state index in [4.69, 9.17) is 0 Å². The van der Waals surface area contributed by atoms with E-state index < -0.39 is 0 Å². The maximum atomic E-state index is 3.69. The fourth-order valence-electron chi connectivity index (χ4n) is 5.75. The van der Waals surface area contributed by atoms with Gasteiger partial charge in [0.15, 0.2) is 0 Å². The van der Waals surface area contributed by atoms with Crippen molar-refractivity contribution in [2.45, 2.75) is 0 Å². The minimum atomic E-state index is 1.06. The Morgan fingerprint density at radius 1 is 0.317 bits per heavy atom. The van der Waals surface area contributed by atoms with Gasteiger partial charge in [-0.3, -0.25) is 0 Å². The van der Waals surface area contributed by atoms with Crippen LogP contribution in [0, 0.1) is 0 Å². The van der Waals surface area contributed by atoms with Gasteiger partial charge in [0.2, 0.25) is 0 Å². The number of anilines is 2. The second kappa shape index (κ2) is 11.0. The highest BCUT2D eigenvalue weighted by molar-refractivity contribution is 6.11. The maximum absolute atomic E-state index is 3.69. The third-order valence-electron chi connectivity index (χ3n) is 7.68. The third-order valence-corrected chi connectivity index (χ3v) is 7.68. The van der Waals surface area contributed by atoms with E-state index in [0.717, 1.165) is 11.4 Å². The molecule has 41 heavy (non-hydrogen) atoms. The summed E-state index contributed by atoms with van der Waals surface area (Å²) in [7, 11) is 0. The van der Waals surface area contributed by atoms with Crippen LogP contribution in [0.15, 0.2) is 170 Å². The standard InChI is InChI=1S/C40H29N/c1-4-14-30(15-5-1)39(31-16-6-2-7-17-31)40(32-18-8-3-9-19-32)33-23-26-34(27-24-33)41-38-22-12-21-36-35-20-11-10-13-29(35)25-28-37(36)38/h1-28,41H. The lowest BCUT2D eigenvalue weighted by molar-refractivity contribution is 1.49. The quantitative estimate of drug-likeness (QED) is 0.169. The first-order valence-corrected chi connectivity index (χ1v) is 14.0. The summed E-state index contributed by atoms with van der Waals surface area (Å²) in [6, 6.07) is 60.4. The van der Waals surface area contributed by atoms with Gasteiger partial charge in [0.25, 0.3) is 0 Å². The van der Waals surface area contributed by atoms with Crippen LogP contribution in [0.25, 0.3) is 32.7 Å². The van der Waals surface area contributed by atoms with Crippen LogP contribution in [0.2, 0.25) is 0 Å². The van der Waals surface area contributed by atoms with Crippen LogP contribution in [-0.2, 0) is 0 Å². The molecule has 1 heteroatoms. The van der Waals surface area contributed by atoms with E-state index in [1.807, 2.05) is 0 Å². The van der Waals surface area contributed by atoms with E-state index in [1.54, 1.807) is 0 Å². The predicted octanol–water partition coefficient (Wildman–Crippen LogP) is 10.7. The van der Waals surface area contributed by atoms with Crippen LogP contribution in [-0.4, -0.2) is 0 Å². The van der Waals surface area contributed by atoms with Gasteiger partial charge in [-0.15, -0.1) is 0 Å². The Bertz CT molecular complexity index is 1930. The highest BCUT2D eigenvalue weighted by Gasteiger charge is 2.16. The molecule has 1 N–H and O–H groups in total. The van der Waals surface area contributed by atoms with Crippen molar-refractivity contribution in [1.82, 2.24) is 0 Å². The van der Waals surface area contributed by atoms with Crippen molar-refractivity contribution in [2.24, 2.45) is 0 Å². The Balaban J connectivity index is 1.34. The molecule has 7 aromatic rings. The topological polar surface area (TPSA) is 12.0 Å². The number of rotatable bonds is 6. The Hall–Kier alpha value is -5.40. The summed E-state index contributed by atoms with van der Waals surface area (Å²) >= 11 is 0. The maximum Gasteiger partial charge on any atom is 0.0464 e. The van der Waals surface area contributed by atoms with Gasteiger partial charge in [-0.1, -0.05) is 152 Å². The van der Waals surface area contributed by atoms with Crippen LogP contribution < -0.4 is 5.32 Å². The number of hydrogen-bond donors (Lipinski definition) is 1. The summed E-state index contributed by atoms with van der Waals surface area (Å²) in [6.45, 7) is 0. The summed E-state index contributed by atoms with van der Waals surface area (Å²) in [4.78, 5) is 0. The van der Waals surface area contributed by atoms with Crippen molar-refractivity contribution in [3.8, 4) is 0 Å². The first kappa shape index (κ1) is 24.6. The van der Waals surface area contributed by atoms with E-state index in [1.165, 1.54) is 54.9 Å². The van der Waals surface area contributed by atoms with Gasteiger partial charge in [0.1, 0.15) is 0 Å². The van der Waals surface area contributed by atoms with Crippen LogP contribution in [0.5, 0.6) is 0 Å². The van der Waals surface area contributed by atoms with Crippen LogP contribution in [0.3, 0.4) is 0 Å². The van der Waals surface area contributed by atoms with Crippen LogP contribution in [0.1, 0.15) is 22.3 Å². The van der Waals surface area contributed by atoms with Gasteiger partial charge in [0.05, 0.1) is 0 Å². The number of hydrogen-bond acceptors (Lipinski definition) is 1. The second-order valence-electron chi connectivity index (χ2n) is 10.2. The summed E-state index contributed by atoms with van der Waals surface area (Å²) in [6.07, 6.45) is 0. The first-order valence-electron chi connectivity index (χ1n) is 14.0. The van der Waals surface area contributed by atoms with E-state index in [-0.39, 0.29) is 0 Å². The van der Waals surface area contributed by atoms with Crippen molar-refractivity contribution in [3.05, 3.63) is 192 Å². The normalized spacial score (nSPS) is 10.9. The van der Waals surface area contributed by atoms with E-state index in [2.05, 4.69) is 175 Å². The van der Waals surface area contributed by atoms with Gasteiger partial charge >= 0.3 is 0 Å². The zero-order valence-corrected chi connectivity index (χ0v) is 22.7. The molecular weight excluding hydrogens is 494 g/mol. The zero-order chi connectivity index (χ0) is 27.4. The fraction of sp³-hybridized carbons (Fsp3) is 0. The molecule has 0 spiro atoms. The lowest BCUT2D eigenvalue weighted by atomic mass is 9.86. The Kier molecular flexibility index (Phi) is 6.61. The summed E-state index contributed by atoms with van der Waals surface area (Å²) < 4.78 is 0. The Morgan fingerprint density at radius 3 is 1.39 bits per heavy atom. The highest BCUT2D eigenvalue weighted by atomic mass is 14.9. The van der Waals surface area contributed by atoms with Gasteiger partial charge in [-0.05, 0) is 67.8 Å². The molecule has 7 aromatic carbocycles. The molecule has 1 nitrogen and oxygen atoms in total. The van der Waals surface area contributed by atoms with Crippen molar-refractivity contribution in [1.29, 1.82) is 0 Å². The lowest BCUT2D eigenvalue weighted by Crippen LogP contribution is -1.98. The van der Waals surface area contributed by atoms with Crippen LogP contribution >= 0.6 is 0 Å². The van der Waals surface area contributed by atoms with Gasteiger partial charge in [0, 0.05) is 16.8 Å². The summed E-state index contributed by atoms with van der Waals surface area (Å²) in [5.41, 5.74) is 9.36. The molecule has 0 aromatic heterocycles. The predicted molar refractivity (Wildman–Crippen MR) is 176 cm³/mol. The molecule has 0 radical (unpaired) electrons. The Labute approximate surface area is 241 Å². The molecular formula is C40H29N. The minimum Gasteiger partial charge on any atom is -0.355 e. The molecule has 0 saturated carbocycles. The summed E-state index contributed by atoms with van der Waals surface area (Å²) in [5.74, 6) is 0. The molecule has 7 rings (SSSR count). The number of fused-ring (bicyclic) bond motifs is 3. The molecule has 0 saturated heterocycles. The molecule has 0 heterocycles. The molecule has 0 unspecified atom stereocenters.